The van der Waals surface area contributed by atoms with E-state index in [4.69, 9.17) is 16.3 Å². The predicted molar refractivity (Wildman–Crippen MR) is 117 cm³/mol. The van der Waals surface area contributed by atoms with E-state index in [1.54, 1.807) is 18.5 Å². The van der Waals surface area contributed by atoms with Gasteiger partial charge in [-0.25, -0.2) is 13.8 Å². The van der Waals surface area contributed by atoms with E-state index in [1.807, 2.05) is 12.1 Å². The summed E-state index contributed by atoms with van der Waals surface area (Å²) in [5.41, 5.74) is 3.52. The Kier molecular flexibility index (Phi) is 5.61. The van der Waals surface area contributed by atoms with Crippen LogP contribution in [0.1, 0.15) is 12.0 Å². The van der Waals surface area contributed by atoms with Gasteiger partial charge >= 0.3 is 0 Å². The van der Waals surface area contributed by atoms with Crippen molar-refractivity contribution in [2.45, 2.75) is 11.8 Å². The lowest BCUT2D eigenvalue weighted by Gasteiger charge is -2.19. The maximum absolute atomic E-state index is 14.2. The number of fused-ring (bicyclic) bond motifs is 1. The third kappa shape index (κ3) is 3.96. The van der Waals surface area contributed by atoms with Crippen LogP contribution in [0.5, 0.6) is 5.75 Å². The monoisotopic (exact) mass is 441 g/mol. The van der Waals surface area contributed by atoms with Crippen LogP contribution in [0.15, 0.2) is 61.1 Å². The summed E-state index contributed by atoms with van der Waals surface area (Å²) < 4.78 is 33.3. The summed E-state index contributed by atoms with van der Waals surface area (Å²) in [4.78, 5) is 19.1. The fraction of sp³-hybridized carbons (Fsp3) is 0.130. The summed E-state index contributed by atoms with van der Waals surface area (Å²) in [6.07, 6.45) is 8.72. The molecule has 5 nitrogen and oxygen atoms in total. The van der Waals surface area contributed by atoms with Gasteiger partial charge in [-0.05, 0) is 36.3 Å². The zero-order valence-electron chi connectivity index (χ0n) is 16.5. The molecule has 3 aromatic rings. The molecule has 8 heteroatoms. The number of nitrogens with one attached hydrogen (secondary N) is 2. The van der Waals surface area contributed by atoms with Crippen molar-refractivity contribution in [3.8, 4) is 16.9 Å². The molecule has 2 N–H and O–H groups in total. The van der Waals surface area contributed by atoms with Crippen LogP contribution in [0.2, 0.25) is 0 Å². The van der Waals surface area contributed by atoms with Gasteiger partial charge in [0.05, 0.1) is 12.5 Å². The highest BCUT2D eigenvalue weighted by molar-refractivity contribution is 6.23. The number of carbonyl (C=O) groups is 1. The summed E-state index contributed by atoms with van der Waals surface area (Å²) in [6, 6.07) is 3.86. The van der Waals surface area contributed by atoms with E-state index in [0.717, 1.165) is 17.2 Å². The summed E-state index contributed by atoms with van der Waals surface area (Å²) in [6.45, 7) is 3.45. The number of hydrogen-bond donors (Lipinski definition) is 2. The number of amides is 1. The van der Waals surface area contributed by atoms with Gasteiger partial charge in [0, 0.05) is 46.2 Å². The lowest BCUT2D eigenvalue weighted by Crippen LogP contribution is -2.27. The molecule has 1 aliphatic rings. The molecule has 4 rings (SSSR count). The van der Waals surface area contributed by atoms with Crippen molar-refractivity contribution in [1.29, 1.82) is 0 Å². The van der Waals surface area contributed by atoms with E-state index in [9.17, 15) is 13.6 Å². The van der Waals surface area contributed by atoms with Crippen LogP contribution in [0.4, 0.5) is 8.78 Å². The second-order valence-corrected chi connectivity index (χ2v) is 7.47. The van der Waals surface area contributed by atoms with Crippen molar-refractivity contribution in [2.24, 2.45) is 0 Å². The van der Waals surface area contributed by atoms with Gasteiger partial charge in [0.25, 0.3) is 0 Å². The molecule has 158 valence electrons. The summed E-state index contributed by atoms with van der Waals surface area (Å²) in [5, 5.41) is 3.02. The van der Waals surface area contributed by atoms with Gasteiger partial charge < -0.3 is 15.0 Å². The van der Waals surface area contributed by atoms with Crippen molar-refractivity contribution in [3.05, 3.63) is 78.3 Å². The third-order valence-electron chi connectivity index (χ3n) is 5.01. The number of H-pyrrole nitrogens is 1. The highest BCUT2D eigenvalue weighted by Gasteiger charge is 2.20. The highest BCUT2D eigenvalue weighted by Crippen LogP contribution is 2.38. The van der Waals surface area contributed by atoms with Crippen LogP contribution >= 0.6 is 11.6 Å². The van der Waals surface area contributed by atoms with Gasteiger partial charge in [-0.1, -0.05) is 12.7 Å². The second-order valence-electron chi connectivity index (χ2n) is 6.95. The van der Waals surface area contributed by atoms with Crippen molar-refractivity contribution in [2.75, 3.05) is 7.11 Å². The average Bonchev–Trinajstić information content (AvgIpc) is 3.17. The zero-order chi connectivity index (χ0) is 22.1. The minimum absolute atomic E-state index is 0.0520. The maximum Gasteiger partial charge on any atom is 0.247 e. The van der Waals surface area contributed by atoms with Gasteiger partial charge in [-0.2, -0.15) is 0 Å². The van der Waals surface area contributed by atoms with E-state index in [0.29, 0.717) is 28.7 Å². The minimum Gasteiger partial charge on any atom is -0.493 e. The molecule has 31 heavy (non-hydrogen) atoms. The number of aromatic nitrogens is 2. The SMILES string of the molecule is C=CC(=O)NC1=CC(c2cnc3[nH]cc(-c4cc(F)cc(F)c4OC)c3c2)=CCC1Cl. The molecule has 0 radical (unpaired) electrons. The number of alkyl halides is 1. The fourth-order valence-electron chi connectivity index (χ4n) is 3.54. The van der Waals surface area contributed by atoms with E-state index < -0.39 is 11.6 Å². The molecule has 1 amide bonds. The first kappa shape index (κ1) is 20.8. The Labute approximate surface area is 182 Å². The normalized spacial score (nSPS) is 15.9. The number of benzene rings is 1. The molecule has 2 aromatic heterocycles. The summed E-state index contributed by atoms with van der Waals surface area (Å²) in [5.74, 6) is -1.89. The van der Waals surface area contributed by atoms with Crippen LogP contribution in [0, 0.1) is 11.6 Å². The van der Waals surface area contributed by atoms with Crippen LogP contribution in [-0.4, -0.2) is 28.4 Å². The quantitative estimate of drug-likeness (QED) is 0.427. The number of nitrogens with zero attached hydrogens (tertiary/aromatic N) is 1. The standard InChI is InChI=1S/C23H18ClF2N3O2/c1-3-21(30)29-20-7-12(4-5-18(20)24)13-6-16-17(11-28-23(16)27-10-13)15-8-14(25)9-19(26)22(15)31-2/h3-4,6-11,18H,1,5H2,2H3,(H,27,28)(H,29,30). The summed E-state index contributed by atoms with van der Waals surface area (Å²) in [7, 11) is 1.33. The van der Waals surface area contributed by atoms with Crippen molar-refractivity contribution in [3.63, 3.8) is 0 Å². The van der Waals surface area contributed by atoms with Gasteiger partial charge in [0.15, 0.2) is 11.6 Å². The molecule has 0 bridgehead atoms. The Hall–Kier alpha value is -3.45. The van der Waals surface area contributed by atoms with Gasteiger partial charge in [0.1, 0.15) is 11.5 Å². The fourth-order valence-corrected chi connectivity index (χ4v) is 3.74. The van der Waals surface area contributed by atoms with E-state index in [2.05, 4.69) is 21.9 Å². The molecule has 1 atom stereocenters. The van der Waals surface area contributed by atoms with E-state index >= 15 is 0 Å². The molecule has 1 aliphatic carbocycles. The molecule has 0 saturated carbocycles. The Morgan fingerprint density at radius 1 is 1.35 bits per heavy atom. The van der Waals surface area contributed by atoms with E-state index in [-0.39, 0.29) is 22.6 Å². The number of rotatable bonds is 5. The molecule has 1 unspecified atom stereocenters. The first-order valence-electron chi connectivity index (χ1n) is 9.41. The minimum atomic E-state index is -0.787. The molecule has 2 heterocycles. The Balaban J connectivity index is 1.80. The van der Waals surface area contributed by atoms with Gasteiger partial charge in [-0.3, -0.25) is 4.79 Å². The highest BCUT2D eigenvalue weighted by atomic mass is 35.5. The van der Waals surface area contributed by atoms with Crippen LogP contribution in [0.3, 0.4) is 0 Å². The first-order chi connectivity index (χ1) is 14.9. The van der Waals surface area contributed by atoms with Gasteiger partial charge in [-0.15, -0.1) is 11.6 Å². The van der Waals surface area contributed by atoms with Crippen LogP contribution in [0.25, 0.3) is 27.7 Å². The largest absolute Gasteiger partial charge is 0.493 e. The topological polar surface area (TPSA) is 67.0 Å². The number of pyridine rings is 1. The van der Waals surface area contributed by atoms with Crippen LogP contribution in [-0.2, 0) is 4.79 Å². The number of allylic oxidation sites excluding steroid dienone is 4. The average molecular weight is 442 g/mol. The van der Waals surface area contributed by atoms with E-state index in [1.165, 1.54) is 19.3 Å². The molecule has 0 aliphatic heterocycles. The predicted octanol–water partition coefficient (Wildman–Crippen LogP) is 5.10. The lowest BCUT2D eigenvalue weighted by molar-refractivity contribution is -0.115. The van der Waals surface area contributed by atoms with Crippen molar-refractivity contribution in [1.82, 2.24) is 15.3 Å². The molecule has 0 saturated heterocycles. The molecule has 0 spiro atoms. The third-order valence-corrected chi connectivity index (χ3v) is 5.43. The number of hydrogen-bond acceptors (Lipinski definition) is 3. The van der Waals surface area contributed by atoms with Crippen LogP contribution < -0.4 is 10.1 Å². The lowest BCUT2D eigenvalue weighted by atomic mass is 9.96. The number of aromatic amines is 1. The Morgan fingerprint density at radius 3 is 2.90 bits per heavy atom. The van der Waals surface area contributed by atoms with Crippen molar-refractivity contribution < 1.29 is 18.3 Å². The second kappa shape index (κ2) is 8.35. The number of methoxy groups -OCH3 is 1. The van der Waals surface area contributed by atoms with Crippen molar-refractivity contribution >= 4 is 34.1 Å². The molecular weight excluding hydrogens is 424 g/mol. The smallest absolute Gasteiger partial charge is 0.247 e. The molecular formula is C23H18ClF2N3O2. The summed E-state index contributed by atoms with van der Waals surface area (Å²) >= 11 is 6.31. The molecule has 0 fully saturated rings. The number of halogens is 3. The zero-order valence-corrected chi connectivity index (χ0v) is 17.3. The Bertz CT molecular complexity index is 1260. The number of carbonyl (C=O) groups excluding carboxylic acids is 1. The van der Waals surface area contributed by atoms with Gasteiger partial charge in [0.2, 0.25) is 5.91 Å². The maximum atomic E-state index is 14.2. The first-order valence-corrected chi connectivity index (χ1v) is 9.85. The molecule has 1 aromatic carbocycles. The number of ether oxygens (including phenoxy) is 1. The Morgan fingerprint density at radius 2 is 2.16 bits per heavy atom.